The molecule has 0 aliphatic carbocycles. The molecule has 126 valence electrons. The highest BCUT2D eigenvalue weighted by Gasteiger charge is 2.17. The molecule has 0 spiro atoms. The Bertz CT molecular complexity index is 977. The van der Waals surface area contributed by atoms with Crippen LogP contribution in [0, 0.1) is 6.92 Å². The van der Waals surface area contributed by atoms with E-state index in [0.717, 1.165) is 16.5 Å². The van der Waals surface area contributed by atoms with Gasteiger partial charge in [0.2, 0.25) is 10.0 Å². The van der Waals surface area contributed by atoms with Gasteiger partial charge in [-0.15, -0.1) is 0 Å². The lowest BCUT2D eigenvalue weighted by Crippen LogP contribution is -2.28. The molecule has 3 aromatic rings. The van der Waals surface area contributed by atoms with Crippen molar-refractivity contribution in [2.45, 2.75) is 17.9 Å². The molecule has 0 unspecified atom stereocenters. The Kier molecular flexibility index (Phi) is 4.45. The molecule has 2 aromatic carbocycles. The average Bonchev–Trinajstić information content (AvgIpc) is 2.93. The average molecular weight is 344 g/mol. The molecule has 24 heavy (non-hydrogen) atoms. The molecule has 3 rings (SSSR count). The summed E-state index contributed by atoms with van der Waals surface area (Å²) in [5.74, 6) is 0. The molecule has 0 aliphatic rings. The number of fused-ring (bicyclic) bond motifs is 1. The predicted octanol–water partition coefficient (Wildman–Crippen LogP) is 2.50. The lowest BCUT2D eigenvalue weighted by molar-refractivity contribution is 0.182. The van der Waals surface area contributed by atoms with Crippen molar-refractivity contribution in [1.29, 1.82) is 0 Å². The number of benzene rings is 2. The molecule has 0 fully saturated rings. The van der Waals surface area contributed by atoms with E-state index in [2.05, 4.69) is 4.72 Å². The van der Waals surface area contributed by atoms with Crippen LogP contribution in [-0.2, 0) is 17.1 Å². The van der Waals surface area contributed by atoms with E-state index >= 15 is 0 Å². The third-order valence-electron chi connectivity index (χ3n) is 4.06. The van der Waals surface area contributed by atoms with Crippen molar-refractivity contribution in [3.63, 3.8) is 0 Å². The molecular formula is C18H20N2O3S. The third-order valence-corrected chi connectivity index (χ3v) is 5.48. The summed E-state index contributed by atoms with van der Waals surface area (Å²) in [5, 5.41) is 11.3. The summed E-state index contributed by atoms with van der Waals surface area (Å²) < 4.78 is 29.1. The van der Waals surface area contributed by atoms with Crippen molar-refractivity contribution in [3.05, 3.63) is 65.9 Å². The normalized spacial score (nSPS) is 13.3. The second kappa shape index (κ2) is 6.39. The van der Waals surface area contributed by atoms with Gasteiger partial charge in [-0.05, 0) is 53.8 Å². The van der Waals surface area contributed by atoms with Crippen LogP contribution in [0.25, 0.3) is 10.9 Å². The van der Waals surface area contributed by atoms with Gasteiger partial charge < -0.3 is 9.67 Å². The summed E-state index contributed by atoms with van der Waals surface area (Å²) in [5.41, 5.74) is 2.61. The van der Waals surface area contributed by atoms with E-state index in [4.69, 9.17) is 0 Å². The quantitative estimate of drug-likeness (QED) is 0.747. The van der Waals surface area contributed by atoms with Crippen LogP contribution in [0.5, 0.6) is 0 Å². The van der Waals surface area contributed by atoms with Crippen molar-refractivity contribution < 1.29 is 13.5 Å². The number of aromatic nitrogens is 1. The summed E-state index contributed by atoms with van der Waals surface area (Å²) >= 11 is 0. The maximum absolute atomic E-state index is 12.3. The Hall–Kier alpha value is -2.15. The molecule has 0 bridgehead atoms. The topological polar surface area (TPSA) is 71.3 Å². The Morgan fingerprint density at radius 2 is 1.96 bits per heavy atom. The van der Waals surface area contributed by atoms with E-state index in [0.29, 0.717) is 5.56 Å². The highest BCUT2D eigenvalue weighted by Crippen LogP contribution is 2.21. The van der Waals surface area contributed by atoms with E-state index in [1.165, 1.54) is 6.07 Å². The minimum absolute atomic E-state index is 0.0748. The van der Waals surface area contributed by atoms with Crippen molar-refractivity contribution in [2.75, 3.05) is 6.54 Å². The number of nitrogens with one attached hydrogen (secondary N) is 1. The molecule has 2 N–H and O–H groups in total. The number of rotatable bonds is 5. The number of hydrogen-bond acceptors (Lipinski definition) is 3. The van der Waals surface area contributed by atoms with Gasteiger partial charge in [0.25, 0.3) is 0 Å². The number of aliphatic hydroxyl groups excluding tert-OH is 1. The number of aliphatic hydroxyl groups is 1. The van der Waals surface area contributed by atoms with Gasteiger partial charge in [0.05, 0.1) is 11.0 Å². The zero-order valence-electron chi connectivity index (χ0n) is 13.6. The summed E-state index contributed by atoms with van der Waals surface area (Å²) in [6.07, 6.45) is 1.04. The molecule has 1 atom stereocenters. The van der Waals surface area contributed by atoms with Gasteiger partial charge in [0.15, 0.2) is 0 Å². The monoisotopic (exact) mass is 344 g/mol. The molecule has 0 saturated carbocycles. The van der Waals surface area contributed by atoms with Crippen molar-refractivity contribution in [1.82, 2.24) is 9.29 Å². The van der Waals surface area contributed by atoms with Gasteiger partial charge in [-0.2, -0.15) is 0 Å². The Morgan fingerprint density at radius 3 is 2.71 bits per heavy atom. The molecule has 0 saturated heterocycles. The van der Waals surface area contributed by atoms with E-state index < -0.39 is 16.1 Å². The minimum Gasteiger partial charge on any atom is -0.387 e. The zero-order valence-corrected chi connectivity index (χ0v) is 14.4. The third kappa shape index (κ3) is 3.36. The smallest absolute Gasteiger partial charge is 0.240 e. The van der Waals surface area contributed by atoms with Crippen LogP contribution >= 0.6 is 0 Å². The first kappa shape index (κ1) is 16.7. The lowest BCUT2D eigenvalue weighted by Gasteiger charge is -2.13. The first-order chi connectivity index (χ1) is 11.4. The van der Waals surface area contributed by atoms with Gasteiger partial charge in [0.1, 0.15) is 0 Å². The predicted molar refractivity (Wildman–Crippen MR) is 94.2 cm³/mol. The maximum atomic E-state index is 12.3. The molecule has 1 heterocycles. The molecule has 1 aromatic heterocycles. The van der Waals surface area contributed by atoms with E-state index in [-0.39, 0.29) is 11.4 Å². The summed E-state index contributed by atoms with van der Waals surface area (Å²) in [6.45, 7) is 1.76. The second-order valence-corrected chi connectivity index (χ2v) is 7.70. The highest BCUT2D eigenvalue weighted by atomic mass is 32.2. The van der Waals surface area contributed by atoms with Gasteiger partial charge in [-0.1, -0.05) is 18.2 Å². The largest absolute Gasteiger partial charge is 0.387 e. The van der Waals surface area contributed by atoms with E-state index in [9.17, 15) is 13.5 Å². The van der Waals surface area contributed by atoms with Crippen LogP contribution in [0.15, 0.2) is 59.6 Å². The standard InChI is InChI=1S/C18H20N2O3S/c1-13-4-3-5-16(10-13)24(22,23)19-12-18(21)15-6-7-17-14(11-15)8-9-20(17)2/h3-11,18-19,21H,12H2,1-2H3/t18-/m1/s1. The van der Waals surface area contributed by atoms with Crippen LogP contribution in [0.2, 0.25) is 0 Å². The summed E-state index contributed by atoms with van der Waals surface area (Å²) in [4.78, 5) is 0.202. The number of sulfonamides is 1. The maximum Gasteiger partial charge on any atom is 0.240 e. The fourth-order valence-electron chi connectivity index (χ4n) is 2.68. The summed E-state index contributed by atoms with van der Waals surface area (Å²) in [7, 11) is -1.69. The molecule has 6 heteroatoms. The fourth-order valence-corrected chi connectivity index (χ4v) is 3.82. The fraction of sp³-hybridized carbons (Fsp3) is 0.222. The number of aryl methyl sites for hydroxylation is 2. The van der Waals surface area contributed by atoms with Gasteiger partial charge in [-0.25, -0.2) is 13.1 Å². The lowest BCUT2D eigenvalue weighted by atomic mass is 10.1. The minimum atomic E-state index is -3.64. The van der Waals surface area contributed by atoms with Crippen molar-refractivity contribution in [2.24, 2.45) is 7.05 Å². The van der Waals surface area contributed by atoms with Crippen LogP contribution in [0.4, 0.5) is 0 Å². The Labute approximate surface area is 141 Å². The SMILES string of the molecule is Cc1cccc(S(=O)(=O)NC[C@@H](O)c2ccc3c(ccn3C)c2)c1. The van der Waals surface area contributed by atoms with Crippen LogP contribution in [0.1, 0.15) is 17.2 Å². The first-order valence-corrected chi connectivity index (χ1v) is 9.14. The van der Waals surface area contributed by atoms with Crippen LogP contribution in [-0.4, -0.2) is 24.6 Å². The van der Waals surface area contributed by atoms with Gasteiger partial charge >= 0.3 is 0 Å². The van der Waals surface area contributed by atoms with E-state index in [1.54, 1.807) is 12.1 Å². The second-order valence-electron chi connectivity index (χ2n) is 5.93. The molecule has 0 amide bonds. The first-order valence-electron chi connectivity index (χ1n) is 7.66. The molecule has 0 radical (unpaired) electrons. The Morgan fingerprint density at radius 1 is 1.17 bits per heavy atom. The van der Waals surface area contributed by atoms with Gasteiger partial charge in [-0.3, -0.25) is 0 Å². The Balaban J connectivity index is 1.75. The molecule has 5 nitrogen and oxygen atoms in total. The van der Waals surface area contributed by atoms with Gasteiger partial charge in [0, 0.05) is 25.3 Å². The van der Waals surface area contributed by atoms with Crippen LogP contribution < -0.4 is 4.72 Å². The van der Waals surface area contributed by atoms with Crippen molar-refractivity contribution in [3.8, 4) is 0 Å². The molecular weight excluding hydrogens is 324 g/mol. The van der Waals surface area contributed by atoms with E-state index in [1.807, 2.05) is 55.1 Å². The highest BCUT2D eigenvalue weighted by molar-refractivity contribution is 7.89. The zero-order chi connectivity index (χ0) is 17.3. The molecule has 0 aliphatic heterocycles. The van der Waals surface area contributed by atoms with Crippen molar-refractivity contribution >= 4 is 20.9 Å². The van der Waals surface area contributed by atoms with Crippen LogP contribution in [0.3, 0.4) is 0 Å². The summed E-state index contributed by atoms with van der Waals surface area (Å²) in [6, 6.07) is 14.2. The number of nitrogens with zero attached hydrogens (tertiary/aromatic N) is 1. The number of hydrogen-bond donors (Lipinski definition) is 2.